The van der Waals surface area contributed by atoms with Crippen LogP contribution in [0, 0.1) is 39.4 Å². The largest absolute Gasteiger partial charge is 0.315 e. The summed E-state index contributed by atoms with van der Waals surface area (Å²) in [4.78, 5) is 14.1. The Morgan fingerprint density at radius 1 is 1.42 bits per heavy atom. The first-order chi connectivity index (χ1) is 8.90. The van der Waals surface area contributed by atoms with Crippen molar-refractivity contribution in [3.8, 4) is 12.1 Å². The standard InChI is InChI=1S/C15H19N3O/c1-11-14(2,3)12-4-5-15(11,10-12)13(19)18(8-6-16)9-7-17/h12H,1,4-5,8-10H2,2-3H3/t12-,15+/m1/s1. The summed E-state index contributed by atoms with van der Waals surface area (Å²) in [6.45, 7) is 8.42. The second kappa shape index (κ2) is 4.38. The Hall–Kier alpha value is -1.81. The first-order valence-electron chi connectivity index (χ1n) is 6.63. The Balaban J connectivity index is 2.31. The van der Waals surface area contributed by atoms with E-state index in [0.29, 0.717) is 5.92 Å². The normalized spacial score (nSPS) is 30.7. The van der Waals surface area contributed by atoms with Gasteiger partial charge in [-0.15, -0.1) is 0 Å². The fourth-order valence-electron chi connectivity index (χ4n) is 3.79. The number of hydrogen-bond donors (Lipinski definition) is 0. The summed E-state index contributed by atoms with van der Waals surface area (Å²) < 4.78 is 0. The van der Waals surface area contributed by atoms with Gasteiger partial charge in [-0.1, -0.05) is 26.0 Å². The van der Waals surface area contributed by atoms with Gasteiger partial charge in [0.05, 0.1) is 17.6 Å². The third-order valence-corrected chi connectivity index (χ3v) is 5.11. The second-order valence-electron chi connectivity index (χ2n) is 6.20. The van der Waals surface area contributed by atoms with E-state index in [2.05, 4.69) is 20.4 Å². The molecule has 0 spiro atoms. The number of fused-ring (bicyclic) bond motifs is 2. The van der Waals surface area contributed by atoms with Crippen molar-refractivity contribution < 1.29 is 4.79 Å². The molecule has 0 N–H and O–H groups in total. The number of nitrogens with zero attached hydrogens (tertiary/aromatic N) is 3. The molecule has 1 amide bonds. The average Bonchev–Trinajstić information content (AvgIpc) is 2.89. The monoisotopic (exact) mass is 257 g/mol. The number of carbonyl (C=O) groups is 1. The predicted molar refractivity (Wildman–Crippen MR) is 70.5 cm³/mol. The summed E-state index contributed by atoms with van der Waals surface area (Å²) in [5.74, 6) is 0.420. The van der Waals surface area contributed by atoms with Crippen LogP contribution < -0.4 is 0 Å². The molecule has 2 bridgehead atoms. The third kappa shape index (κ3) is 1.75. The molecule has 19 heavy (non-hydrogen) atoms. The van der Waals surface area contributed by atoms with Crippen molar-refractivity contribution in [1.82, 2.24) is 4.90 Å². The van der Waals surface area contributed by atoms with Gasteiger partial charge in [0.1, 0.15) is 13.1 Å². The summed E-state index contributed by atoms with van der Waals surface area (Å²) in [7, 11) is 0. The lowest BCUT2D eigenvalue weighted by Crippen LogP contribution is -2.44. The van der Waals surface area contributed by atoms with E-state index in [0.717, 1.165) is 24.8 Å². The van der Waals surface area contributed by atoms with Crippen molar-refractivity contribution >= 4 is 5.91 Å². The minimum Gasteiger partial charge on any atom is -0.315 e. The van der Waals surface area contributed by atoms with Gasteiger partial charge < -0.3 is 4.90 Å². The number of hydrogen-bond acceptors (Lipinski definition) is 3. The molecule has 100 valence electrons. The molecule has 0 radical (unpaired) electrons. The van der Waals surface area contributed by atoms with E-state index in [9.17, 15) is 4.79 Å². The highest BCUT2D eigenvalue weighted by molar-refractivity contribution is 5.88. The molecule has 2 fully saturated rings. The van der Waals surface area contributed by atoms with Crippen molar-refractivity contribution in [1.29, 1.82) is 10.5 Å². The third-order valence-electron chi connectivity index (χ3n) is 5.11. The Bertz CT molecular complexity index is 492. The molecule has 4 heteroatoms. The molecule has 2 aliphatic carbocycles. The van der Waals surface area contributed by atoms with Crippen LogP contribution in [0.5, 0.6) is 0 Å². The summed E-state index contributed by atoms with van der Waals surface area (Å²) in [5.41, 5.74) is 0.447. The number of carbonyl (C=O) groups excluding carboxylic acids is 1. The van der Waals surface area contributed by atoms with Gasteiger partial charge in [-0.05, 0) is 30.6 Å². The molecule has 0 saturated heterocycles. The molecule has 2 atom stereocenters. The zero-order chi connectivity index (χ0) is 14.3. The highest BCUT2D eigenvalue weighted by Gasteiger charge is 2.61. The molecule has 0 aromatic rings. The molecule has 4 nitrogen and oxygen atoms in total. The highest BCUT2D eigenvalue weighted by atomic mass is 16.2. The van der Waals surface area contributed by atoms with Gasteiger partial charge >= 0.3 is 0 Å². The Morgan fingerprint density at radius 3 is 2.42 bits per heavy atom. The van der Waals surface area contributed by atoms with Gasteiger partial charge in [-0.2, -0.15) is 10.5 Å². The minimum absolute atomic E-state index is 0.0150. The van der Waals surface area contributed by atoms with E-state index in [1.165, 1.54) is 4.90 Å². The van der Waals surface area contributed by atoms with Crippen LogP contribution in [0.3, 0.4) is 0 Å². The van der Waals surface area contributed by atoms with Gasteiger partial charge in [-0.3, -0.25) is 4.79 Å². The van der Waals surface area contributed by atoms with Gasteiger partial charge in [0.2, 0.25) is 5.91 Å². The maximum Gasteiger partial charge on any atom is 0.234 e. The van der Waals surface area contributed by atoms with Crippen LogP contribution >= 0.6 is 0 Å². The van der Waals surface area contributed by atoms with Crippen molar-refractivity contribution in [3.05, 3.63) is 12.2 Å². The predicted octanol–water partition coefficient (Wildman–Crippen LogP) is 2.24. The fourth-order valence-corrected chi connectivity index (χ4v) is 3.79. The van der Waals surface area contributed by atoms with Crippen molar-refractivity contribution in [3.63, 3.8) is 0 Å². The van der Waals surface area contributed by atoms with E-state index < -0.39 is 5.41 Å². The molecule has 2 aliphatic rings. The van der Waals surface area contributed by atoms with E-state index in [1.54, 1.807) is 0 Å². The Kier molecular flexibility index (Phi) is 3.14. The van der Waals surface area contributed by atoms with Crippen LogP contribution in [0.25, 0.3) is 0 Å². The fraction of sp³-hybridized carbons (Fsp3) is 0.667. The van der Waals surface area contributed by atoms with Crippen molar-refractivity contribution in [2.45, 2.75) is 33.1 Å². The lowest BCUT2D eigenvalue weighted by Gasteiger charge is -2.38. The lowest BCUT2D eigenvalue weighted by molar-refractivity contribution is -0.138. The molecule has 0 aromatic heterocycles. The number of nitriles is 2. The first kappa shape index (κ1) is 13.6. The van der Waals surface area contributed by atoms with Crippen molar-refractivity contribution in [2.75, 3.05) is 13.1 Å². The molecular formula is C15H19N3O. The van der Waals surface area contributed by atoms with E-state index in [-0.39, 0.29) is 24.4 Å². The zero-order valence-corrected chi connectivity index (χ0v) is 11.6. The summed E-state index contributed by atoms with van der Waals surface area (Å²) >= 11 is 0. The maximum absolute atomic E-state index is 12.8. The van der Waals surface area contributed by atoms with Crippen LogP contribution in [0.4, 0.5) is 0 Å². The highest BCUT2D eigenvalue weighted by Crippen LogP contribution is 2.65. The first-order valence-corrected chi connectivity index (χ1v) is 6.63. The lowest BCUT2D eigenvalue weighted by atomic mass is 9.68. The maximum atomic E-state index is 12.8. The summed E-state index contributed by atoms with van der Waals surface area (Å²) in [6.07, 6.45) is 2.67. The van der Waals surface area contributed by atoms with Crippen LogP contribution in [0.15, 0.2) is 12.2 Å². The SMILES string of the molecule is C=C1C(C)(C)[C@@H]2CC[C@]1(C(=O)N(CC#N)CC#N)C2. The molecule has 0 unspecified atom stereocenters. The van der Waals surface area contributed by atoms with E-state index in [1.807, 2.05) is 12.1 Å². The Morgan fingerprint density at radius 2 is 2.00 bits per heavy atom. The molecule has 2 rings (SSSR count). The van der Waals surface area contributed by atoms with E-state index >= 15 is 0 Å². The molecule has 0 aromatic carbocycles. The van der Waals surface area contributed by atoms with Crippen LogP contribution in [-0.4, -0.2) is 23.9 Å². The summed E-state index contributed by atoms with van der Waals surface area (Å²) in [6, 6.07) is 3.94. The average molecular weight is 257 g/mol. The number of amides is 1. The van der Waals surface area contributed by atoms with E-state index in [4.69, 9.17) is 10.5 Å². The molecular weight excluding hydrogens is 238 g/mol. The molecule has 0 heterocycles. The molecule has 0 aliphatic heterocycles. The Labute approximate surface area is 114 Å². The molecule has 2 saturated carbocycles. The summed E-state index contributed by atoms with van der Waals surface area (Å²) in [5, 5.41) is 17.6. The van der Waals surface area contributed by atoms with Crippen LogP contribution in [-0.2, 0) is 4.79 Å². The van der Waals surface area contributed by atoms with Gasteiger partial charge in [0.15, 0.2) is 0 Å². The van der Waals surface area contributed by atoms with Gasteiger partial charge in [0, 0.05) is 0 Å². The topological polar surface area (TPSA) is 67.9 Å². The van der Waals surface area contributed by atoms with Gasteiger partial charge in [-0.25, -0.2) is 0 Å². The number of rotatable bonds is 3. The second-order valence-corrected chi connectivity index (χ2v) is 6.20. The zero-order valence-electron chi connectivity index (χ0n) is 11.6. The van der Waals surface area contributed by atoms with Crippen molar-refractivity contribution in [2.24, 2.45) is 16.7 Å². The van der Waals surface area contributed by atoms with Gasteiger partial charge in [0.25, 0.3) is 0 Å². The smallest absolute Gasteiger partial charge is 0.234 e. The minimum atomic E-state index is -0.526. The van der Waals surface area contributed by atoms with Crippen LogP contribution in [0.1, 0.15) is 33.1 Å². The van der Waals surface area contributed by atoms with Crippen LogP contribution in [0.2, 0.25) is 0 Å². The quantitative estimate of drug-likeness (QED) is 0.575.